The molecule has 0 aliphatic carbocycles. The molecule has 108 valence electrons. The van der Waals surface area contributed by atoms with E-state index in [9.17, 15) is 9.59 Å². The van der Waals surface area contributed by atoms with Crippen molar-refractivity contribution in [3.8, 4) is 11.3 Å². The Bertz CT molecular complexity index is 650. The van der Waals surface area contributed by atoms with E-state index in [4.69, 9.17) is 4.74 Å². The molecule has 0 N–H and O–H groups in total. The van der Waals surface area contributed by atoms with Crippen LogP contribution >= 0.6 is 0 Å². The van der Waals surface area contributed by atoms with E-state index in [0.29, 0.717) is 23.4 Å². The first-order chi connectivity index (χ1) is 10.2. The quantitative estimate of drug-likeness (QED) is 0.808. The van der Waals surface area contributed by atoms with Crippen LogP contribution in [0.15, 0.2) is 42.6 Å². The Hall–Kier alpha value is -2.69. The summed E-state index contributed by atoms with van der Waals surface area (Å²) in [6, 6.07) is 10.3. The highest BCUT2D eigenvalue weighted by Gasteiger charge is 2.10. The standard InChI is InChI=1S/C16H15NO4/c1-3-21-16(19)12-6-4-5-11(9-12)14-8-7-13(10-17-14)15(18)20-2/h4-10H,3H2,1-2H3. The van der Waals surface area contributed by atoms with E-state index >= 15 is 0 Å². The fraction of sp³-hybridized carbons (Fsp3) is 0.188. The van der Waals surface area contributed by atoms with Gasteiger partial charge in [-0.2, -0.15) is 0 Å². The number of hydrogen-bond acceptors (Lipinski definition) is 5. The van der Waals surface area contributed by atoms with Crippen LogP contribution in [0.4, 0.5) is 0 Å². The van der Waals surface area contributed by atoms with Crippen LogP contribution in [0.25, 0.3) is 11.3 Å². The van der Waals surface area contributed by atoms with Crippen LogP contribution in [0.1, 0.15) is 27.6 Å². The molecule has 0 fully saturated rings. The van der Waals surface area contributed by atoms with Gasteiger partial charge >= 0.3 is 11.9 Å². The molecule has 0 amide bonds. The number of aromatic nitrogens is 1. The van der Waals surface area contributed by atoms with E-state index in [2.05, 4.69) is 9.72 Å². The zero-order chi connectivity index (χ0) is 15.2. The van der Waals surface area contributed by atoms with Gasteiger partial charge in [0, 0.05) is 11.8 Å². The van der Waals surface area contributed by atoms with Gasteiger partial charge in [0.2, 0.25) is 0 Å². The summed E-state index contributed by atoms with van der Waals surface area (Å²) in [4.78, 5) is 27.3. The third-order valence-electron chi connectivity index (χ3n) is 2.85. The zero-order valence-electron chi connectivity index (χ0n) is 11.8. The second kappa shape index (κ2) is 6.65. The van der Waals surface area contributed by atoms with E-state index in [1.165, 1.54) is 13.3 Å². The van der Waals surface area contributed by atoms with E-state index in [1.54, 1.807) is 37.3 Å². The maximum absolute atomic E-state index is 11.7. The van der Waals surface area contributed by atoms with Gasteiger partial charge in [0.05, 0.1) is 30.5 Å². The van der Waals surface area contributed by atoms with Crippen molar-refractivity contribution >= 4 is 11.9 Å². The highest BCUT2D eigenvalue weighted by Crippen LogP contribution is 2.19. The molecule has 21 heavy (non-hydrogen) atoms. The molecule has 5 heteroatoms. The van der Waals surface area contributed by atoms with Crippen LogP contribution in [0.2, 0.25) is 0 Å². The number of hydrogen-bond donors (Lipinski definition) is 0. The zero-order valence-corrected chi connectivity index (χ0v) is 11.8. The average Bonchev–Trinajstić information content (AvgIpc) is 2.54. The van der Waals surface area contributed by atoms with Gasteiger partial charge in [-0.25, -0.2) is 9.59 Å². The van der Waals surface area contributed by atoms with Crippen LogP contribution in [0.3, 0.4) is 0 Å². The van der Waals surface area contributed by atoms with Gasteiger partial charge < -0.3 is 9.47 Å². The van der Waals surface area contributed by atoms with Gasteiger partial charge in [-0.15, -0.1) is 0 Å². The summed E-state index contributed by atoms with van der Waals surface area (Å²) in [6.07, 6.45) is 1.44. The van der Waals surface area contributed by atoms with Crippen molar-refractivity contribution in [1.82, 2.24) is 4.98 Å². The predicted molar refractivity (Wildman–Crippen MR) is 77.0 cm³/mol. The van der Waals surface area contributed by atoms with Crippen LogP contribution in [0.5, 0.6) is 0 Å². The van der Waals surface area contributed by atoms with Crippen LogP contribution < -0.4 is 0 Å². The Balaban J connectivity index is 2.28. The van der Waals surface area contributed by atoms with E-state index in [-0.39, 0.29) is 5.97 Å². The summed E-state index contributed by atoms with van der Waals surface area (Å²) < 4.78 is 9.58. The van der Waals surface area contributed by atoms with Gasteiger partial charge in [-0.3, -0.25) is 4.98 Å². The molecule has 2 rings (SSSR count). The minimum absolute atomic E-state index is 0.329. The molecule has 0 saturated carbocycles. The number of rotatable bonds is 4. The first-order valence-corrected chi connectivity index (χ1v) is 6.47. The largest absolute Gasteiger partial charge is 0.465 e. The van der Waals surface area contributed by atoms with Gasteiger partial charge in [-0.1, -0.05) is 12.1 Å². The number of carbonyl (C=O) groups is 2. The minimum Gasteiger partial charge on any atom is -0.465 e. The Kier molecular flexibility index (Phi) is 4.66. The van der Waals surface area contributed by atoms with Crippen molar-refractivity contribution < 1.29 is 19.1 Å². The highest BCUT2D eigenvalue weighted by atomic mass is 16.5. The molecule has 0 spiro atoms. The first kappa shape index (κ1) is 14.7. The van der Waals surface area contributed by atoms with Gasteiger partial charge in [-0.05, 0) is 31.2 Å². The topological polar surface area (TPSA) is 65.5 Å². The molecule has 5 nitrogen and oxygen atoms in total. The monoisotopic (exact) mass is 285 g/mol. The fourth-order valence-electron chi connectivity index (χ4n) is 1.82. The summed E-state index contributed by atoms with van der Waals surface area (Å²) in [6.45, 7) is 2.09. The Morgan fingerprint density at radius 3 is 2.52 bits per heavy atom. The Morgan fingerprint density at radius 2 is 1.90 bits per heavy atom. The van der Waals surface area contributed by atoms with Gasteiger partial charge in [0.1, 0.15) is 0 Å². The summed E-state index contributed by atoms with van der Waals surface area (Å²) in [5, 5.41) is 0. The summed E-state index contributed by atoms with van der Waals surface area (Å²) >= 11 is 0. The van der Waals surface area contributed by atoms with Crippen molar-refractivity contribution in [3.63, 3.8) is 0 Å². The third-order valence-corrected chi connectivity index (χ3v) is 2.85. The second-order valence-electron chi connectivity index (χ2n) is 4.22. The van der Waals surface area contributed by atoms with Crippen molar-refractivity contribution in [1.29, 1.82) is 0 Å². The molecule has 2 aromatic rings. The lowest BCUT2D eigenvalue weighted by Gasteiger charge is -2.05. The van der Waals surface area contributed by atoms with Crippen molar-refractivity contribution in [2.45, 2.75) is 6.92 Å². The fourth-order valence-corrected chi connectivity index (χ4v) is 1.82. The predicted octanol–water partition coefficient (Wildman–Crippen LogP) is 2.71. The molecule has 0 saturated heterocycles. The first-order valence-electron chi connectivity index (χ1n) is 6.47. The van der Waals surface area contributed by atoms with E-state index < -0.39 is 5.97 Å². The lowest BCUT2D eigenvalue weighted by Crippen LogP contribution is -2.04. The molecular formula is C16H15NO4. The lowest BCUT2D eigenvalue weighted by molar-refractivity contribution is 0.0525. The number of esters is 2. The van der Waals surface area contributed by atoms with Crippen LogP contribution in [-0.4, -0.2) is 30.6 Å². The number of nitrogens with zero attached hydrogens (tertiary/aromatic N) is 1. The third kappa shape index (κ3) is 3.45. The summed E-state index contributed by atoms with van der Waals surface area (Å²) in [5.41, 5.74) is 2.28. The molecule has 0 aliphatic heterocycles. The van der Waals surface area contributed by atoms with E-state index in [0.717, 1.165) is 5.56 Å². The lowest BCUT2D eigenvalue weighted by atomic mass is 10.1. The SMILES string of the molecule is CCOC(=O)c1cccc(-c2ccc(C(=O)OC)cn2)c1. The van der Waals surface area contributed by atoms with Crippen molar-refractivity contribution in [2.24, 2.45) is 0 Å². The number of ether oxygens (including phenoxy) is 2. The van der Waals surface area contributed by atoms with Gasteiger partial charge in [0.15, 0.2) is 0 Å². The molecule has 1 heterocycles. The summed E-state index contributed by atoms with van der Waals surface area (Å²) in [7, 11) is 1.32. The molecule has 1 aromatic carbocycles. The number of methoxy groups -OCH3 is 1. The number of benzene rings is 1. The average molecular weight is 285 g/mol. The van der Waals surface area contributed by atoms with Crippen molar-refractivity contribution in [2.75, 3.05) is 13.7 Å². The number of pyridine rings is 1. The van der Waals surface area contributed by atoms with Crippen molar-refractivity contribution in [3.05, 3.63) is 53.7 Å². The van der Waals surface area contributed by atoms with Gasteiger partial charge in [0.25, 0.3) is 0 Å². The molecule has 0 atom stereocenters. The maximum atomic E-state index is 11.7. The molecule has 0 bridgehead atoms. The maximum Gasteiger partial charge on any atom is 0.339 e. The Morgan fingerprint density at radius 1 is 1.10 bits per heavy atom. The molecule has 0 radical (unpaired) electrons. The van der Waals surface area contributed by atoms with Crippen LogP contribution in [-0.2, 0) is 9.47 Å². The minimum atomic E-state index is -0.436. The normalized spacial score (nSPS) is 10.0. The smallest absolute Gasteiger partial charge is 0.339 e. The Labute approximate surface area is 122 Å². The molecular weight excluding hydrogens is 270 g/mol. The molecule has 0 aliphatic rings. The highest BCUT2D eigenvalue weighted by molar-refractivity contribution is 5.91. The molecule has 1 aromatic heterocycles. The number of carbonyl (C=O) groups excluding carboxylic acids is 2. The molecule has 0 unspecified atom stereocenters. The summed E-state index contributed by atoms with van der Waals surface area (Å²) in [5.74, 6) is -0.806. The van der Waals surface area contributed by atoms with E-state index in [1.807, 2.05) is 6.07 Å². The second-order valence-corrected chi connectivity index (χ2v) is 4.22. The van der Waals surface area contributed by atoms with Crippen LogP contribution in [0, 0.1) is 0 Å².